The first-order valence-corrected chi connectivity index (χ1v) is 5.20. The van der Waals surface area contributed by atoms with Crippen LogP contribution in [0.1, 0.15) is 5.82 Å². The fourth-order valence-electron chi connectivity index (χ4n) is 1.35. The first-order valence-electron chi connectivity index (χ1n) is 4.82. The van der Waals surface area contributed by atoms with Crippen LogP contribution in [0.4, 0.5) is 10.1 Å². The van der Waals surface area contributed by atoms with Gasteiger partial charge in [0.1, 0.15) is 11.6 Å². The topological polar surface area (TPSA) is 29.9 Å². The molecule has 0 saturated heterocycles. The highest BCUT2D eigenvalue weighted by molar-refractivity contribution is 6.30. The van der Waals surface area contributed by atoms with E-state index in [1.807, 2.05) is 17.8 Å². The fraction of sp³-hybridized carbons (Fsp3) is 0.182. The zero-order valence-electron chi connectivity index (χ0n) is 8.74. The number of anilines is 1. The van der Waals surface area contributed by atoms with Gasteiger partial charge in [-0.1, -0.05) is 11.6 Å². The van der Waals surface area contributed by atoms with E-state index in [-0.39, 0.29) is 5.02 Å². The van der Waals surface area contributed by atoms with Crippen LogP contribution in [0.2, 0.25) is 5.02 Å². The van der Waals surface area contributed by atoms with E-state index >= 15 is 0 Å². The zero-order chi connectivity index (χ0) is 11.5. The average Bonchev–Trinajstić information content (AvgIpc) is 2.66. The highest BCUT2D eigenvalue weighted by Crippen LogP contribution is 2.18. The number of rotatable bonds is 3. The summed E-state index contributed by atoms with van der Waals surface area (Å²) in [5.41, 5.74) is 0.685. The number of aromatic nitrogens is 2. The van der Waals surface area contributed by atoms with Crippen LogP contribution in [0.15, 0.2) is 30.6 Å². The summed E-state index contributed by atoms with van der Waals surface area (Å²) in [6.07, 6.45) is 3.58. The minimum absolute atomic E-state index is 0.127. The number of benzene rings is 1. The van der Waals surface area contributed by atoms with Crippen molar-refractivity contribution in [3.63, 3.8) is 0 Å². The van der Waals surface area contributed by atoms with Crippen molar-refractivity contribution in [3.8, 4) is 0 Å². The van der Waals surface area contributed by atoms with Gasteiger partial charge >= 0.3 is 0 Å². The van der Waals surface area contributed by atoms with Crippen molar-refractivity contribution < 1.29 is 4.39 Å². The molecule has 5 heteroatoms. The van der Waals surface area contributed by atoms with Crippen LogP contribution in [-0.2, 0) is 13.6 Å². The van der Waals surface area contributed by atoms with Crippen molar-refractivity contribution in [1.82, 2.24) is 9.55 Å². The van der Waals surface area contributed by atoms with Crippen LogP contribution >= 0.6 is 11.6 Å². The molecule has 1 aromatic carbocycles. The minimum atomic E-state index is -0.425. The van der Waals surface area contributed by atoms with Gasteiger partial charge in [-0.25, -0.2) is 9.37 Å². The first-order chi connectivity index (χ1) is 7.66. The van der Waals surface area contributed by atoms with Crippen molar-refractivity contribution in [2.45, 2.75) is 6.54 Å². The van der Waals surface area contributed by atoms with Gasteiger partial charge in [-0.15, -0.1) is 0 Å². The number of nitrogens with zero attached hydrogens (tertiary/aromatic N) is 2. The van der Waals surface area contributed by atoms with Crippen molar-refractivity contribution in [2.75, 3.05) is 5.32 Å². The van der Waals surface area contributed by atoms with Crippen LogP contribution in [-0.4, -0.2) is 9.55 Å². The zero-order valence-corrected chi connectivity index (χ0v) is 9.50. The lowest BCUT2D eigenvalue weighted by Crippen LogP contribution is -2.05. The molecule has 0 fully saturated rings. The summed E-state index contributed by atoms with van der Waals surface area (Å²) in [7, 11) is 1.91. The van der Waals surface area contributed by atoms with E-state index in [4.69, 9.17) is 11.6 Å². The Labute approximate surface area is 97.9 Å². The Morgan fingerprint density at radius 1 is 1.50 bits per heavy atom. The Morgan fingerprint density at radius 2 is 2.31 bits per heavy atom. The Morgan fingerprint density at radius 3 is 2.94 bits per heavy atom. The van der Waals surface area contributed by atoms with Crippen LogP contribution < -0.4 is 5.32 Å². The maximum Gasteiger partial charge on any atom is 0.143 e. The van der Waals surface area contributed by atoms with E-state index in [0.29, 0.717) is 12.2 Å². The molecular weight excluding hydrogens is 229 g/mol. The van der Waals surface area contributed by atoms with Crippen molar-refractivity contribution in [1.29, 1.82) is 0 Å². The molecule has 0 aliphatic rings. The summed E-state index contributed by atoms with van der Waals surface area (Å²) in [5, 5.41) is 3.20. The maximum atomic E-state index is 13.1. The Kier molecular flexibility index (Phi) is 3.10. The Bertz CT molecular complexity index is 496. The highest BCUT2D eigenvalue weighted by atomic mass is 35.5. The van der Waals surface area contributed by atoms with Gasteiger partial charge in [-0.05, 0) is 18.2 Å². The van der Waals surface area contributed by atoms with Gasteiger partial charge in [-0.2, -0.15) is 0 Å². The lowest BCUT2D eigenvalue weighted by atomic mass is 10.3. The maximum absolute atomic E-state index is 13.1. The molecular formula is C11H11ClFN3. The second kappa shape index (κ2) is 4.53. The van der Waals surface area contributed by atoms with Gasteiger partial charge in [-0.3, -0.25) is 0 Å². The Balaban J connectivity index is 2.05. The van der Waals surface area contributed by atoms with E-state index in [2.05, 4.69) is 10.3 Å². The molecule has 3 nitrogen and oxygen atoms in total. The predicted octanol–water partition coefficient (Wildman–Crippen LogP) is 2.82. The minimum Gasteiger partial charge on any atom is -0.378 e. The second-order valence-corrected chi connectivity index (χ2v) is 3.84. The lowest BCUT2D eigenvalue weighted by molar-refractivity contribution is 0.628. The molecule has 0 atom stereocenters. The number of nitrogens with one attached hydrogen (secondary N) is 1. The van der Waals surface area contributed by atoms with Crippen LogP contribution in [0.25, 0.3) is 0 Å². The molecule has 1 N–H and O–H groups in total. The van der Waals surface area contributed by atoms with Crippen LogP contribution in [0.5, 0.6) is 0 Å². The van der Waals surface area contributed by atoms with E-state index in [9.17, 15) is 4.39 Å². The first kappa shape index (κ1) is 11.0. The molecule has 84 valence electrons. The summed E-state index contributed by atoms with van der Waals surface area (Å²) < 4.78 is 15.0. The van der Waals surface area contributed by atoms with E-state index in [1.165, 1.54) is 12.1 Å². The van der Waals surface area contributed by atoms with Gasteiger partial charge in [0.05, 0.1) is 11.6 Å². The highest BCUT2D eigenvalue weighted by Gasteiger charge is 2.02. The third-order valence-electron chi connectivity index (χ3n) is 2.29. The molecule has 1 aromatic heterocycles. The molecule has 1 heterocycles. The molecule has 2 rings (SSSR count). The molecule has 0 bridgehead atoms. The predicted molar refractivity (Wildman–Crippen MR) is 61.9 cm³/mol. The van der Waals surface area contributed by atoms with Crippen molar-refractivity contribution in [2.24, 2.45) is 7.05 Å². The van der Waals surface area contributed by atoms with Crippen molar-refractivity contribution >= 4 is 17.3 Å². The Hall–Kier alpha value is -1.55. The van der Waals surface area contributed by atoms with E-state index in [0.717, 1.165) is 5.82 Å². The summed E-state index contributed by atoms with van der Waals surface area (Å²) in [4.78, 5) is 4.15. The summed E-state index contributed by atoms with van der Waals surface area (Å²) in [6.45, 7) is 0.546. The third kappa shape index (κ3) is 2.33. The molecule has 0 aliphatic heterocycles. The molecule has 0 spiro atoms. The van der Waals surface area contributed by atoms with E-state index < -0.39 is 5.82 Å². The van der Waals surface area contributed by atoms with Gasteiger partial charge in [0.25, 0.3) is 0 Å². The summed E-state index contributed by atoms with van der Waals surface area (Å²) >= 11 is 5.59. The van der Waals surface area contributed by atoms with Crippen molar-refractivity contribution in [3.05, 3.63) is 47.3 Å². The van der Waals surface area contributed by atoms with Crippen LogP contribution in [0, 0.1) is 5.82 Å². The van der Waals surface area contributed by atoms with Gasteiger partial charge < -0.3 is 9.88 Å². The number of halogens is 2. The molecule has 2 aromatic rings. The standard InChI is InChI=1S/C11H11ClFN3/c1-16-5-4-14-11(16)7-15-8-2-3-9(12)10(13)6-8/h2-6,15H,7H2,1H3. The van der Waals surface area contributed by atoms with Gasteiger partial charge in [0.15, 0.2) is 0 Å². The number of aryl methyl sites for hydroxylation is 1. The quantitative estimate of drug-likeness (QED) is 0.893. The number of hydrogen-bond acceptors (Lipinski definition) is 2. The smallest absolute Gasteiger partial charge is 0.143 e. The molecule has 16 heavy (non-hydrogen) atoms. The third-order valence-corrected chi connectivity index (χ3v) is 2.60. The largest absolute Gasteiger partial charge is 0.378 e. The monoisotopic (exact) mass is 239 g/mol. The molecule has 0 saturated carbocycles. The molecule has 0 unspecified atom stereocenters. The van der Waals surface area contributed by atoms with Gasteiger partial charge in [0.2, 0.25) is 0 Å². The van der Waals surface area contributed by atoms with Gasteiger partial charge in [0, 0.05) is 25.1 Å². The average molecular weight is 240 g/mol. The number of imidazole rings is 1. The summed E-state index contributed by atoms with van der Waals surface area (Å²) in [6, 6.07) is 4.62. The van der Waals surface area contributed by atoms with E-state index in [1.54, 1.807) is 12.3 Å². The molecule has 0 amide bonds. The fourth-order valence-corrected chi connectivity index (χ4v) is 1.47. The normalized spacial score (nSPS) is 10.4. The SMILES string of the molecule is Cn1ccnc1CNc1ccc(Cl)c(F)c1. The lowest BCUT2D eigenvalue weighted by Gasteiger charge is -2.06. The second-order valence-electron chi connectivity index (χ2n) is 3.44. The summed E-state index contributed by atoms with van der Waals surface area (Å²) in [5.74, 6) is 0.460. The van der Waals surface area contributed by atoms with Crippen LogP contribution in [0.3, 0.4) is 0 Å². The number of hydrogen-bond donors (Lipinski definition) is 1. The molecule has 0 aliphatic carbocycles. The molecule has 0 radical (unpaired) electrons.